The smallest absolute Gasteiger partial charge is 0.354 e. The molecule has 0 aliphatic carbocycles. The lowest BCUT2D eigenvalue weighted by atomic mass is 10.4. The van der Waals surface area contributed by atoms with Gasteiger partial charge in [0.15, 0.2) is 11.5 Å². The molecule has 13 heavy (non-hydrogen) atoms. The van der Waals surface area contributed by atoms with Crippen LogP contribution in [0.4, 0.5) is 0 Å². The van der Waals surface area contributed by atoms with Gasteiger partial charge in [0.2, 0.25) is 0 Å². The van der Waals surface area contributed by atoms with Gasteiger partial charge in [-0.15, -0.1) is 0 Å². The molecule has 0 radical (unpaired) electrons. The number of nitrogens with two attached hydrogens (primary N) is 1. The first-order valence-corrected chi connectivity index (χ1v) is 4.08. The van der Waals surface area contributed by atoms with Crippen LogP contribution in [-0.4, -0.2) is 21.0 Å². The van der Waals surface area contributed by atoms with E-state index in [1.165, 1.54) is 18.5 Å². The Balaban J connectivity index is 3.13. The van der Waals surface area contributed by atoms with Crippen molar-refractivity contribution in [2.45, 2.75) is 0 Å². The molecule has 3 N–H and O–H groups in total. The highest BCUT2D eigenvalue weighted by Gasteiger charge is 2.07. The Bertz CT molecular complexity index is 365. The molecule has 0 aliphatic rings. The van der Waals surface area contributed by atoms with E-state index >= 15 is 0 Å². The van der Waals surface area contributed by atoms with E-state index in [0.717, 1.165) is 0 Å². The van der Waals surface area contributed by atoms with Crippen molar-refractivity contribution in [1.29, 1.82) is 0 Å². The lowest BCUT2D eigenvalue weighted by Crippen LogP contribution is -2.03. The average molecular weight is 244 g/mol. The van der Waals surface area contributed by atoms with Crippen molar-refractivity contribution in [3.63, 3.8) is 0 Å². The highest BCUT2D eigenvalue weighted by atomic mass is 79.9. The minimum atomic E-state index is -1.10. The first kappa shape index (κ1) is 9.66. The quantitative estimate of drug-likeness (QED) is 0.804. The van der Waals surface area contributed by atoms with Gasteiger partial charge < -0.3 is 10.8 Å². The summed E-state index contributed by atoms with van der Waals surface area (Å²) in [5.41, 5.74) is 5.13. The van der Waals surface area contributed by atoms with Crippen molar-refractivity contribution >= 4 is 26.4 Å². The minimum absolute atomic E-state index is 0.0659. The molecule has 0 atom stereocenters. The van der Waals surface area contributed by atoms with E-state index in [4.69, 9.17) is 10.8 Å². The molecule has 68 valence electrons. The van der Waals surface area contributed by atoms with Crippen LogP contribution in [0.2, 0.25) is 0 Å². The molecule has 0 saturated heterocycles. The van der Waals surface area contributed by atoms with Crippen molar-refractivity contribution in [2.75, 3.05) is 0 Å². The molecule has 1 heterocycles. The van der Waals surface area contributed by atoms with Gasteiger partial charge in [-0.05, 0) is 22.0 Å². The van der Waals surface area contributed by atoms with Gasteiger partial charge in [0.05, 0.1) is 4.48 Å². The maximum Gasteiger partial charge on any atom is 0.354 e. The van der Waals surface area contributed by atoms with Crippen molar-refractivity contribution in [2.24, 2.45) is 5.73 Å². The van der Waals surface area contributed by atoms with Gasteiger partial charge >= 0.3 is 5.97 Å². The first-order valence-electron chi connectivity index (χ1n) is 3.29. The molecule has 1 rings (SSSR count). The van der Waals surface area contributed by atoms with Crippen LogP contribution < -0.4 is 5.73 Å². The summed E-state index contributed by atoms with van der Waals surface area (Å²) in [7, 11) is 0. The predicted molar refractivity (Wildman–Crippen MR) is 50.1 cm³/mol. The van der Waals surface area contributed by atoms with Crippen LogP contribution in [0.5, 0.6) is 0 Å². The Morgan fingerprint density at radius 3 is 2.92 bits per heavy atom. The number of nitrogens with zero attached hydrogens (tertiary/aromatic N) is 2. The van der Waals surface area contributed by atoms with Crippen molar-refractivity contribution in [3.8, 4) is 0 Å². The zero-order valence-corrected chi connectivity index (χ0v) is 8.02. The average Bonchev–Trinajstić information content (AvgIpc) is 2.17. The summed E-state index contributed by atoms with van der Waals surface area (Å²) in [6, 6.07) is 1.31. The fourth-order valence-electron chi connectivity index (χ4n) is 0.667. The predicted octanol–water partition coefficient (Wildman–Crippen LogP) is 0.827. The third-order valence-corrected chi connectivity index (χ3v) is 1.85. The largest absolute Gasteiger partial charge is 0.477 e. The van der Waals surface area contributed by atoms with Crippen molar-refractivity contribution < 1.29 is 9.90 Å². The third-order valence-electron chi connectivity index (χ3n) is 1.23. The first-order chi connectivity index (χ1) is 6.15. The highest BCUT2D eigenvalue weighted by molar-refractivity contribution is 9.15. The van der Waals surface area contributed by atoms with E-state index in [1.807, 2.05) is 0 Å². The lowest BCUT2D eigenvalue weighted by molar-refractivity contribution is 0.0690. The van der Waals surface area contributed by atoms with Crippen LogP contribution in [0.3, 0.4) is 0 Å². The molecule has 0 unspecified atom stereocenters. The zero-order valence-electron chi connectivity index (χ0n) is 6.44. The van der Waals surface area contributed by atoms with Gasteiger partial charge in [-0.3, -0.25) is 0 Å². The molecule has 0 fully saturated rings. The number of aromatic nitrogens is 2. The molecule has 1 aromatic rings. The summed E-state index contributed by atoms with van der Waals surface area (Å²) in [5, 5.41) is 8.61. The number of carboxylic acids is 1. The molecule has 1 aromatic heterocycles. The summed E-state index contributed by atoms with van der Waals surface area (Å²) >= 11 is 3.09. The Labute approximate surface area is 82.4 Å². The topological polar surface area (TPSA) is 89.1 Å². The second-order valence-electron chi connectivity index (χ2n) is 2.09. The molecular formula is C7H6BrN3O2. The molecule has 0 aliphatic heterocycles. The van der Waals surface area contributed by atoms with Crippen LogP contribution in [0.15, 0.2) is 18.5 Å². The lowest BCUT2D eigenvalue weighted by Gasteiger charge is -1.97. The van der Waals surface area contributed by atoms with E-state index in [0.29, 0.717) is 4.48 Å². The van der Waals surface area contributed by atoms with Crippen molar-refractivity contribution in [3.05, 3.63) is 30.0 Å². The number of aromatic carboxylic acids is 1. The van der Waals surface area contributed by atoms with E-state index in [1.54, 1.807) is 0 Å². The van der Waals surface area contributed by atoms with Crippen molar-refractivity contribution in [1.82, 2.24) is 9.97 Å². The Kier molecular flexibility index (Phi) is 2.97. The zero-order chi connectivity index (χ0) is 9.84. The van der Waals surface area contributed by atoms with Crippen LogP contribution in [-0.2, 0) is 0 Å². The van der Waals surface area contributed by atoms with Gasteiger partial charge in [-0.1, -0.05) is 0 Å². The fraction of sp³-hybridized carbons (Fsp3) is 0. The monoisotopic (exact) mass is 243 g/mol. The highest BCUT2D eigenvalue weighted by Crippen LogP contribution is 2.14. The second-order valence-corrected chi connectivity index (χ2v) is 2.94. The molecule has 0 aromatic carbocycles. The Hall–Kier alpha value is -1.43. The Morgan fingerprint density at radius 2 is 2.38 bits per heavy atom. The second kappa shape index (κ2) is 3.99. The maximum atomic E-state index is 10.5. The number of rotatable bonds is 2. The Morgan fingerprint density at radius 1 is 1.69 bits per heavy atom. The van der Waals surface area contributed by atoms with Crippen LogP contribution in [0.25, 0.3) is 4.48 Å². The number of hydrogen-bond acceptors (Lipinski definition) is 4. The number of carboxylic acid groups (broad SMARTS) is 1. The summed E-state index contributed by atoms with van der Waals surface area (Å²) in [4.78, 5) is 18.1. The summed E-state index contributed by atoms with van der Waals surface area (Å²) in [5.74, 6) is -0.844. The summed E-state index contributed by atoms with van der Waals surface area (Å²) in [6.45, 7) is 0. The van der Waals surface area contributed by atoms with Gasteiger partial charge in [-0.25, -0.2) is 14.8 Å². The third kappa shape index (κ3) is 2.25. The minimum Gasteiger partial charge on any atom is -0.477 e. The van der Waals surface area contributed by atoms with Crippen LogP contribution in [0, 0.1) is 0 Å². The summed E-state index contributed by atoms with van der Waals surface area (Å²) < 4.78 is 0.454. The van der Waals surface area contributed by atoms with Crippen LogP contribution >= 0.6 is 15.9 Å². The summed E-state index contributed by atoms with van der Waals surface area (Å²) in [6.07, 6.45) is 2.61. The number of halogens is 1. The van der Waals surface area contributed by atoms with E-state index in [-0.39, 0.29) is 11.5 Å². The van der Waals surface area contributed by atoms with Gasteiger partial charge in [0.1, 0.15) is 0 Å². The molecule has 0 bridgehead atoms. The molecular weight excluding hydrogens is 238 g/mol. The molecule has 0 amide bonds. The van der Waals surface area contributed by atoms with Crippen LogP contribution in [0.1, 0.15) is 16.3 Å². The molecule has 0 spiro atoms. The SMILES string of the molecule is NC=C(Br)c1nccc(C(=O)O)n1. The standard InChI is InChI=1S/C7H6BrN3O2/c8-4(3-9)6-10-2-1-5(11-6)7(12)13/h1-3H,9H2,(H,12,13). The van der Waals surface area contributed by atoms with E-state index < -0.39 is 5.97 Å². The van der Waals surface area contributed by atoms with Gasteiger partial charge in [0.25, 0.3) is 0 Å². The normalized spacial score (nSPS) is 11.3. The molecule has 5 nitrogen and oxygen atoms in total. The maximum absolute atomic E-state index is 10.5. The number of hydrogen-bond donors (Lipinski definition) is 2. The molecule has 6 heteroatoms. The van der Waals surface area contributed by atoms with Gasteiger partial charge in [-0.2, -0.15) is 0 Å². The fourth-order valence-corrected chi connectivity index (χ4v) is 0.858. The molecule has 0 saturated carbocycles. The van der Waals surface area contributed by atoms with Gasteiger partial charge in [0, 0.05) is 12.4 Å². The number of carbonyl (C=O) groups is 1. The van der Waals surface area contributed by atoms with E-state index in [2.05, 4.69) is 25.9 Å². The van der Waals surface area contributed by atoms with E-state index in [9.17, 15) is 4.79 Å².